The summed E-state index contributed by atoms with van der Waals surface area (Å²) in [6, 6.07) is 7.61. The average Bonchev–Trinajstić information content (AvgIpc) is 2.86. The van der Waals surface area contributed by atoms with Crippen LogP contribution in [0.25, 0.3) is 0 Å². The van der Waals surface area contributed by atoms with E-state index in [0.29, 0.717) is 17.5 Å². The van der Waals surface area contributed by atoms with Crippen LogP contribution in [0.3, 0.4) is 0 Å². The summed E-state index contributed by atoms with van der Waals surface area (Å²) in [6.07, 6.45) is 2.30. The minimum atomic E-state index is -3.36. The zero-order valence-corrected chi connectivity index (χ0v) is 14.2. The molecule has 0 bridgehead atoms. The van der Waals surface area contributed by atoms with E-state index in [2.05, 4.69) is 4.90 Å². The lowest BCUT2D eigenvalue weighted by Crippen LogP contribution is -2.34. The molecule has 1 aromatic rings. The SMILES string of the molecule is CN(C)S(=O)(=O)c1cccc(CN2CCCC2CN)c1.Cl. The molecule has 0 saturated carbocycles. The van der Waals surface area contributed by atoms with Gasteiger partial charge in [-0.15, -0.1) is 12.4 Å². The maximum absolute atomic E-state index is 12.1. The highest BCUT2D eigenvalue weighted by Gasteiger charge is 2.23. The Kier molecular flexibility index (Phi) is 6.62. The van der Waals surface area contributed by atoms with Gasteiger partial charge in [-0.05, 0) is 37.1 Å². The maximum atomic E-state index is 12.1. The second-order valence-electron chi connectivity index (χ2n) is 5.44. The van der Waals surface area contributed by atoms with Crippen LogP contribution in [-0.4, -0.2) is 50.8 Å². The number of halogens is 1. The Morgan fingerprint density at radius 1 is 1.38 bits per heavy atom. The number of hydrogen-bond acceptors (Lipinski definition) is 4. The predicted octanol–water partition coefficient (Wildman–Crippen LogP) is 1.28. The Hall–Kier alpha value is -0.660. The Bertz CT molecular complexity index is 563. The molecule has 1 saturated heterocycles. The van der Waals surface area contributed by atoms with E-state index in [0.717, 1.165) is 31.5 Å². The van der Waals surface area contributed by atoms with E-state index in [-0.39, 0.29) is 12.4 Å². The molecule has 1 atom stereocenters. The van der Waals surface area contributed by atoms with Gasteiger partial charge in [-0.1, -0.05) is 12.1 Å². The molecule has 1 fully saturated rings. The molecule has 1 unspecified atom stereocenters. The highest BCUT2D eigenvalue weighted by Crippen LogP contribution is 2.21. The number of sulfonamides is 1. The van der Waals surface area contributed by atoms with E-state index in [9.17, 15) is 8.42 Å². The molecule has 21 heavy (non-hydrogen) atoms. The van der Waals surface area contributed by atoms with Gasteiger partial charge in [0.1, 0.15) is 0 Å². The summed E-state index contributed by atoms with van der Waals surface area (Å²) in [5.41, 5.74) is 6.79. The fourth-order valence-corrected chi connectivity index (χ4v) is 3.59. The summed E-state index contributed by atoms with van der Waals surface area (Å²) in [7, 11) is -0.265. The van der Waals surface area contributed by atoms with E-state index >= 15 is 0 Å². The molecule has 0 radical (unpaired) electrons. The maximum Gasteiger partial charge on any atom is 0.242 e. The molecule has 1 heterocycles. The predicted molar refractivity (Wildman–Crippen MR) is 87.0 cm³/mol. The van der Waals surface area contributed by atoms with Gasteiger partial charge in [-0.25, -0.2) is 12.7 Å². The van der Waals surface area contributed by atoms with E-state index in [1.165, 1.54) is 4.31 Å². The average molecular weight is 334 g/mol. The Morgan fingerprint density at radius 3 is 2.71 bits per heavy atom. The van der Waals surface area contributed by atoms with Crippen molar-refractivity contribution < 1.29 is 8.42 Å². The zero-order chi connectivity index (χ0) is 14.8. The molecule has 0 amide bonds. The molecule has 2 rings (SSSR count). The van der Waals surface area contributed by atoms with Gasteiger partial charge >= 0.3 is 0 Å². The van der Waals surface area contributed by atoms with Crippen LogP contribution < -0.4 is 5.73 Å². The molecule has 1 aliphatic rings. The summed E-state index contributed by atoms with van der Waals surface area (Å²) in [4.78, 5) is 2.69. The van der Waals surface area contributed by atoms with Gasteiger partial charge < -0.3 is 5.73 Å². The van der Waals surface area contributed by atoms with E-state index in [1.54, 1.807) is 32.3 Å². The summed E-state index contributed by atoms with van der Waals surface area (Å²) >= 11 is 0. The van der Waals surface area contributed by atoms with Crippen LogP contribution in [0.2, 0.25) is 0 Å². The molecule has 1 aliphatic heterocycles. The number of rotatable bonds is 5. The van der Waals surface area contributed by atoms with Crippen LogP contribution in [0.4, 0.5) is 0 Å². The van der Waals surface area contributed by atoms with E-state index in [4.69, 9.17) is 5.73 Å². The number of nitrogens with zero attached hydrogens (tertiary/aromatic N) is 2. The summed E-state index contributed by atoms with van der Waals surface area (Å²) in [6.45, 7) is 2.46. The zero-order valence-electron chi connectivity index (χ0n) is 12.5. The summed E-state index contributed by atoms with van der Waals surface area (Å²) in [5.74, 6) is 0. The van der Waals surface area contributed by atoms with Crippen molar-refractivity contribution in [2.75, 3.05) is 27.2 Å². The van der Waals surface area contributed by atoms with Crippen LogP contribution in [0.15, 0.2) is 29.2 Å². The molecule has 120 valence electrons. The molecule has 0 spiro atoms. The fraction of sp³-hybridized carbons (Fsp3) is 0.571. The lowest BCUT2D eigenvalue weighted by atomic mass is 10.2. The van der Waals surface area contributed by atoms with Crippen LogP contribution in [-0.2, 0) is 16.6 Å². The smallest absolute Gasteiger partial charge is 0.242 e. The largest absolute Gasteiger partial charge is 0.329 e. The molecule has 2 N–H and O–H groups in total. The third-order valence-corrected chi connectivity index (χ3v) is 5.64. The molecular formula is C14H24ClN3O2S. The van der Waals surface area contributed by atoms with Gasteiger partial charge in [0.2, 0.25) is 10.0 Å². The van der Waals surface area contributed by atoms with Gasteiger partial charge in [-0.2, -0.15) is 0 Å². The normalized spacial score (nSPS) is 19.7. The third kappa shape index (κ3) is 4.17. The first kappa shape index (κ1) is 18.4. The standard InChI is InChI=1S/C14H23N3O2S.ClH/c1-16(2)20(18,19)14-7-3-5-12(9-14)11-17-8-4-6-13(17)10-15;/h3,5,7,9,13H,4,6,8,10-11,15H2,1-2H3;1H. The first-order valence-electron chi connectivity index (χ1n) is 6.90. The van der Waals surface area contributed by atoms with Crippen molar-refractivity contribution in [1.29, 1.82) is 0 Å². The second-order valence-corrected chi connectivity index (χ2v) is 7.59. The summed E-state index contributed by atoms with van der Waals surface area (Å²) < 4.78 is 25.5. The molecule has 0 aromatic heterocycles. The van der Waals surface area contributed by atoms with Crippen molar-refractivity contribution in [3.05, 3.63) is 29.8 Å². The molecule has 7 heteroatoms. The minimum Gasteiger partial charge on any atom is -0.329 e. The number of nitrogens with two attached hydrogens (primary N) is 1. The third-order valence-electron chi connectivity index (χ3n) is 3.83. The highest BCUT2D eigenvalue weighted by atomic mass is 35.5. The van der Waals surface area contributed by atoms with Gasteiger partial charge in [-0.3, -0.25) is 4.90 Å². The first-order chi connectivity index (χ1) is 9.45. The lowest BCUT2D eigenvalue weighted by Gasteiger charge is -2.23. The molecule has 0 aliphatic carbocycles. The van der Waals surface area contributed by atoms with Gasteiger partial charge in [0.15, 0.2) is 0 Å². The van der Waals surface area contributed by atoms with Gasteiger partial charge in [0.05, 0.1) is 4.90 Å². The van der Waals surface area contributed by atoms with Crippen molar-refractivity contribution in [2.24, 2.45) is 5.73 Å². The quantitative estimate of drug-likeness (QED) is 0.881. The highest BCUT2D eigenvalue weighted by molar-refractivity contribution is 7.89. The summed E-state index contributed by atoms with van der Waals surface area (Å²) in [5, 5.41) is 0. The number of benzene rings is 1. The second kappa shape index (κ2) is 7.56. The number of likely N-dealkylation sites (tertiary alicyclic amines) is 1. The number of hydrogen-bond donors (Lipinski definition) is 1. The van der Waals surface area contributed by atoms with Crippen molar-refractivity contribution in [2.45, 2.75) is 30.3 Å². The lowest BCUT2D eigenvalue weighted by molar-refractivity contribution is 0.250. The molecular weight excluding hydrogens is 310 g/mol. The monoisotopic (exact) mass is 333 g/mol. The van der Waals surface area contributed by atoms with Crippen LogP contribution in [0, 0.1) is 0 Å². The van der Waals surface area contributed by atoms with Crippen LogP contribution in [0.1, 0.15) is 18.4 Å². The van der Waals surface area contributed by atoms with Crippen molar-refractivity contribution in [1.82, 2.24) is 9.21 Å². The van der Waals surface area contributed by atoms with Crippen LogP contribution >= 0.6 is 12.4 Å². The topological polar surface area (TPSA) is 66.6 Å². The minimum absolute atomic E-state index is 0. The van der Waals surface area contributed by atoms with Gasteiger partial charge in [0, 0.05) is 33.2 Å². The molecule has 1 aromatic carbocycles. The first-order valence-corrected chi connectivity index (χ1v) is 8.34. The Balaban J connectivity index is 0.00000220. The van der Waals surface area contributed by atoms with Gasteiger partial charge in [0.25, 0.3) is 0 Å². The fourth-order valence-electron chi connectivity index (χ4n) is 2.62. The van der Waals surface area contributed by atoms with Crippen molar-refractivity contribution in [3.8, 4) is 0 Å². The van der Waals surface area contributed by atoms with Crippen molar-refractivity contribution >= 4 is 22.4 Å². The molecule has 5 nitrogen and oxygen atoms in total. The van der Waals surface area contributed by atoms with Crippen molar-refractivity contribution in [3.63, 3.8) is 0 Å². The van der Waals surface area contributed by atoms with E-state index in [1.807, 2.05) is 6.07 Å². The Morgan fingerprint density at radius 2 is 2.10 bits per heavy atom. The van der Waals surface area contributed by atoms with E-state index < -0.39 is 10.0 Å². The Labute approximate surface area is 133 Å². The van der Waals surface area contributed by atoms with Crippen LogP contribution in [0.5, 0.6) is 0 Å².